The van der Waals surface area contributed by atoms with Crippen LogP contribution in [0, 0.1) is 0 Å². The smallest absolute Gasteiger partial charge is 0.264 e. The lowest BCUT2D eigenvalue weighted by Gasteiger charge is -2.25. The van der Waals surface area contributed by atoms with E-state index in [4.69, 9.17) is 18.4 Å². The molecular formula is C16H32O6SSi. The van der Waals surface area contributed by atoms with E-state index in [1.54, 1.807) is 0 Å². The van der Waals surface area contributed by atoms with Gasteiger partial charge in [-0.05, 0) is 38.5 Å². The molecule has 24 heavy (non-hydrogen) atoms. The Morgan fingerprint density at radius 3 is 2.54 bits per heavy atom. The largest absolute Gasteiger partial charge is 0.367 e. The van der Waals surface area contributed by atoms with Crippen LogP contribution >= 0.6 is 0 Å². The van der Waals surface area contributed by atoms with Crippen molar-refractivity contribution in [3.8, 4) is 0 Å². The van der Waals surface area contributed by atoms with E-state index in [0.717, 1.165) is 45.0 Å². The van der Waals surface area contributed by atoms with Gasteiger partial charge in [0, 0.05) is 13.2 Å². The molecule has 0 amide bonds. The third-order valence-corrected chi connectivity index (χ3v) is 8.54. The molecule has 142 valence electrons. The van der Waals surface area contributed by atoms with Crippen molar-refractivity contribution in [2.24, 2.45) is 0 Å². The van der Waals surface area contributed by atoms with Crippen LogP contribution in [0.2, 0.25) is 19.6 Å². The van der Waals surface area contributed by atoms with Crippen LogP contribution in [-0.4, -0.2) is 60.2 Å². The molecule has 0 radical (unpaired) electrons. The van der Waals surface area contributed by atoms with E-state index in [-0.39, 0.29) is 24.2 Å². The van der Waals surface area contributed by atoms with E-state index in [0.29, 0.717) is 6.61 Å². The molecule has 0 aliphatic carbocycles. The van der Waals surface area contributed by atoms with Crippen LogP contribution in [0.1, 0.15) is 38.5 Å². The maximum Gasteiger partial charge on any atom is 0.264 e. The number of hydrogen-bond acceptors (Lipinski definition) is 6. The lowest BCUT2D eigenvalue weighted by Crippen LogP contribution is -2.47. The van der Waals surface area contributed by atoms with Gasteiger partial charge in [0.05, 0.1) is 27.0 Å². The average molecular weight is 381 g/mol. The van der Waals surface area contributed by atoms with Crippen LogP contribution in [-0.2, 0) is 28.5 Å². The first-order chi connectivity index (χ1) is 11.1. The summed E-state index contributed by atoms with van der Waals surface area (Å²) in [4.78, 5) is 0. The summed E-state index contributed by atoms with van der Waals surface area (Å²) in [6.07, 6.45) is 7.37. The van der Waals surface area contributed by atoms with Gasteiger partial charge in [0.25, 0.3) is 10.1 Å². The number of ether oxygens (including phenoxy) is 3. The van der Waals surface area contributed by atoms with E-state index in [1.165, 1.54) is 6.42 Å². The van der Waals surface area contributed by atoms with Crippen molar-refractivity contribution in [1.29, 1.82) is 0 Å². The first-order valence-corrected chi connectivity index (χ1v) is 14.2. The minimum Gasteiger partial charge on any atom is -0.367 e. The lowest BCUT2D eigenvalue weighted by atomic mass is 10.1. The van der Waals surface area contributed by atoms with Crippen LogP contribution in [0.3, 0.4) is 0 Å². The van der Waals surface area contributed by atoms with E-state index in [1.807, 2.05) is 0 Å². The maximum absolute atomic E-state index is 11.3. The van der Waals surface area contributed by atoms with Gasteiger partial charge in [0.15, 0.2) is 6.29 Å². The van der Waals surface area contributed by atoms with Gasteiger partial charge >= 0.3 is 0 Å². The normalized spacial score (nSPS) is 31.2. The quantitative estimate of drug-likeness (QED) is 0.251. The standard InChI is InChI=1S/C16H32O6SSi/c1-23(17,18)21-13-16(24(2,3)4)14(22-16)9-5-7-11-19-15-10-6-8-12-20-15/h14-15H,5-13H2,1-4H3. The molecule has 2 aliphatic rings. The van der Waals surface area contributed by atoms with Crippen molar-refractivity contribution in [2.75, 3.05) is 26.1 Å². The summed E-state index contributed by atoms with van der Waals surface area (Å²) >= 11 is 0. The molecule has 2 heterocycles. The zero-order chi connectivity index (χ0) is 17.8. The molecule has 8 heteroatoms. The minimum absolute atomic E-state index is 0.0276. The highest BCUT2D eigenvalue weighted by molar-refractivity contribution is 7.86. The third-order valence-electron chi connectivity index (χ3n) is 4.87. The van der Waals surface area contributed by atoms with Crippen molar-refractivity contribution in [3.63, 3.8) is 0 Å². The molecule has 2 saturated heterocycles. The molecule has 2 fully saturated rings. The van der Waals surface area contributed by atoms with E-state index >= 15 is 0 Å². The second-order valence-corrected chi connectivity index (χ2v) is 14.9. The summed E-state index contributed by atoms with van der Waals surface area (Å²) in [5.74, 6) is 0. The Balaban J connectivity index is 1.68. The fourth-order valence-corrected chi connectivity index (χ4v) is 5.80. The van der Waals surface area contributed by atoms with E-state index in [9.17, 15) is 8.42 Å². The van der Waals surface area contributed by atoms with Gasteiger partial charge in [-0.3, -0.25) is 4.18 Å². The molecule has 0 aromatic carbocycles. The molecule has 3 atom stereocenters. The summed E-state index contributed by atoms with van der Waals surface area (Å²) in [7, 11) is -5.13. The highest BCUT2D eigenvalue weighted by Gasteiger charge is 2.64. The average Bonchev–Trinajstić information content (AvgIpc) is 3.20. The Hall–Kier alpha value is 0.00688. The van der Waals surface area contributed by atoms with Gasteiger partial charge in [0.2, 0.25) is 0 Å². The van der Waals surface area contributed by atoms with Crippen molar-refractivity contribution >= 4 is 18.2 Å². The van der Waals surface area contributed by atoms with Crippen molar-refractivity contribution in [2.45, 2.75) is 75.8 Å². The summed E-state index contributed by atoms with van der Waals surface area (Å²) in [5, 5.41) is -0.372. The maximum atomic E-state index is 11.3. The monoisotopic (exact) mass is 380 g/mol. The fraction of sp³-hybridized carbons (Fsp3) is 1.00. The van der Waals surface area contributed by atoms with Crippen LogP contribution in [0.15, 0.2) is 0 Å². The van der Waals surface area contributed by atoms with Gasteiger partial charge < -0.3 is 14.2 Å². The second-order valence-electron chi connectivity index (χ2n) is 7.87. The van der Waals surface area contributed by atoms with Crippen LogP contribution in [0.4, 0.5) is 0 Å². The molecule has 0 bridgehead atoms. The molecule has 0 saturated carbocycles. The van der Waals surface area contributed by atoms with Gasteiger partial charge in [-0.1, -0.05) is 19.6 Å². The highest BCUT2D eigenvalue weighted by Crippen LogP contribution is 2.47. The summed E-state index contributed by atoms with van der Waals surface area (Å²) in [6.45, 7) is 8.25. The first kappa shape index (κ1) is 20.3. The van der Waals surface area contributed by atoms with Gasteiger partial charge in [-0.15, -0.1) is 0 Å². The van der Waals surface area contributed by atoms with Gasteiger partial charge in [-0.25, -0.2) is 0 Å². The Kier molecular flexibility index (Phi) is 6.89. The Morgan fingerprint density at radius 2 is 1.96 bits per heavy atom. The predicted octanol–water partition coefficient (Wildman–Crippen LogP) is 2.69. The molecular weight excluding hydrogens is 348 g/mol. The molecule has 0 N–H and O–H groups in total. The molecule has 0 aromatic rings. The number of unbranched alkanes of at least 4 members (excludes halogenated alkanes) is 1. The zero-order valence-corrected chi connectivity index (χ0v) is 17.2. The van der Waals surface area contributed by atoms with Gasteiger partial charge in [-0.2, -0.15) is 8.42 Å². The molecule has 3 unspecified atom stereocenters. The fourth-order valence-electron chi connectivity index (χ4n) is 3.20. The number of rotatable bonds is 10. The zero-order valence-electron chi connectivity index (χ0n) is 15.4. The number of epoxide rings is 1. The SMILES string of the molecule is C[Si](C)(C)C1(COS(C)(=O)=O)OC1CCCCOC1CCCCO1. The van der Waals surface area contributed by atoms with Crippen LogP contribution < -0.4 is 0 Å². The van der Waals surface area contributed by atoms with Crippen molar-refractivity contribution < 1.29 is 26.8 Å². The summed E-state index contributed by atoms with van der Waals surface area (Å²) in [5.41, 5.74) is 0. The highest BCUT2D eigenvalue weighted by atomic mass is 32.2. The molecule has 6 nitrogen and oxygen atoms in total. The van der Waals surface area contributed by atoms with Crippen molar-refractivity contribution in [3.05, 3.63) is 0 Å². The Morgan fingerprint density at radius 1 is 1.21 bits per heavy atom. The van der Waals surface area contributed by atoms with Crippen LogP contribution in [0.25, 0.3) is 0 Å². The minimum atomic E-state index is -3.43. The second kappa shape index (κ2) is 8.14. The lowest BCUT2D eigenvalue weighted by molar-refractivity contribution is -0.162. The summed E-state index contributed by atoms with van der Waals surface area (Å²) in [6, 6.07) is 0. The Bertz CT molecular complexity index is 497. The third kappa shape index (κ3) is 5.78. The summed E-state index contributed by atoms with van der Waals surface area (Å²) < 4.78 is 44.9. The van der Waals surface area contributed by atoms with E-state index < -0.39 is 18.2 Å². The van der Waals surface area contributed by atoms with Crippen molar-refractivity contribution in [1.82, 2.24) is 0 Å². The molecule has 0 spiro atoms. The molecule has 2 aliphatic heterocycles. The molecule has 0 aromatic heterocycles. The Labute approximate surface area is 147 Å². The van der Waals surface area contributed by atoms with E-state index in [2.05, 4.69) is 19.6 Å². The van der Waals surface area contributed by atoms with Gasteiger partial charge in [0.1, 0.15) is 5.22 Å². The number of hydrogen-bond donors (Lipinski definition) is 0. The van der Waals surface area contributed by atoms with Crippen LogP contribution in [0.5, 0.6) is 0 Å². The topological polar surface area (TPSA) is 74.4 Å². The predicted molar refractivity (Wildman–Crippen MR) is 95.1 cm³/mol. The molecule has 2 rings (SSSR count). The first-order valence-electron chi connectivity index (χ1n) is 8.89.